The van der Waals surface area contributed by atoms with Gasteiger partial charge in [0.05, 0.1) is 5.60 Å². The minimum atomic E-state index is -2.90. The van der Waals surface area contributed by atoms with Crippen molar-refractivity contribution in [2.45, 2.75) is 70.0 Å². The van der Waals surface area contributed by atoms with Gasteiger partial charge in [-0.15, -0.1) is 0 Å². The van der Waals surface area contributed by atoms with E-state index in [9.17, 15) is 18.7 Å². The van der Waals surface area contributed by atoms with E-state index in [1.54, 1.807) is 6.92 Å². The van der Waals surface area contributed by atoms with Crippen LogP contribution in [-0.4, -0.2) is 45.7 Å². The molecule has 2 saturated carbocycles. The zero-order valence-electron chi connectivity index (χ0n) is 16.5. The molecule has 3 aliphatic rings. The lowest BCUT2D eigenvalue weighted by atomic mass is 9.66. The van der Waals surface area contributed by atoms with Crippen molar-refractivity contribution in [1.82, 2.24) is 9.88 Å². The largest absolute Gasteiger partial charge is 0.474 e. The summed E-state index contributed by atoms with van der Waals surface area (Å²) in [5, 5.41) is 9.83. The van der Waals surface area contributed by atoms with Gasteiger partial charge in [-0.1, -0.05) is 0 Å². The smallest absolute Gasteiger partial charge is 0.272 e. The fourth-order valence-electron chi connectivity index (χ4n) is 4.87. The maximum Gasteiger partial charge on any atom is 0.272 e. The first kappa shape index (κ1) is 19.6. The summed E-state index contributed by atoms with van der Waals surface area (Å²) in [6.07, 6.45) is 6.11. The van der Waals surface area contributed by atoms with Gasteiger partial charge in [0, 0.05) is 49.2 Å². The van der Waals surface area contributed by atoms with Gasteiger partial charge in [-0.3, -0.25) is 4.79 Å². The second-order valence-electron chi connectivity index (χ2n) is 9.39. The maximum atomic E-state index is 13.3. The second kappa shape index (κ2) is 6.65. The summed E-state index contributed by atoms with van der Waals surface area (Å²) in [5.74, 6) is -2.34. The summed E-state index contributed by atoms with van der Waals surface area (Å²) < 4.78 is 32.4. The van der Waals surface area contributed by atoms with Gasteiger partial charge in [0.15, 0.2) is 0 Å². The van der Waals surface area contributed by atoms with Gasteiger partial charge < -0.3 is 14.7 Å². The standard InChI is InChI=1S/C21H28F2N2O3/c1-19(27)9-14(10-19)18(26)25-12-21(13-25)7-5-16(6-8-21)28-17-4-3-15(11-24-17)20(2,22)23/h3-4,11,14,16,27H,5-10,12-13H2,1-2H3/t14-,19+. The molecule has 0 bridgehead atoms. The zero-order valence-corrected chi connectivity index (χ0v) is 16.5. The van der Waals surface area contributed by atoms with Crippen molar-refractivity contribution in [3.63, 3.8) is 0 Å². The van der Waals surface area contributed by atoms with Gasteiger partial charge in [0.1, 0.15) is 6.10 Å². The van der Waals surface area contributed by atoms with Crippen LogP contribution in [-0.2, 0) is 10.7 Å². The molecule has 7 heteroatoms. The van der Waals surface area contributed by atoms with Crippen LogP contribution in [0.5, 0.6) is 5.88 Å². The number of ether oxygens (including phenoxy) is 1. The molecule has 1 N–H and O–H groups in total. The molecular formula is C21H28F2N2O3. The minimum absolute atomic E-state index is 0.0171. The Morgan fingerprint density at radius 3 is 2.43 bits per heavy atom. The van der Waals surface area contributed by atoms with E-state index in [-0.39, 0.29) is 28.9 Å². The first-order chi connectivity index (χ1) is 13.1. The number of amides is 1. The van der Waals surface area contributed by atoms with E-state index in [1.165, 1.54) is 18.3 Å². The van der Waals surface area contributed by atoms with Gasteiger partial charge in [-0.2, -0.15) is 0 Å². The number of carbonyl (C=O) groups excluding carboxylic acids is 1. The molecule has 1 aromatic rings. The van der Waals surface area contributed by atoms with Crippen LogP contribution >= 0.6 is 0 Å². The predicted octanol–water partition coefficient (Wildman–Crippen LogP) is 3.50. The molecule has 1 saturated heterocycles. The molecule has 0 unspecified atom stereocenters. The molecule has 154 valence electrons. The summed E-state index contributed by atoms with van der Waals surface area (Å²) in [6, 6.07) is 2.87. The number of rotatable bonds is 4. The topological polar surface area (TPSA) is 62.7 Å². The molecule has 1 aliphatic heterocycles. The highest BCUT2D eigenvalue weighted by Gasteiger charge is 2.51. The Morgan fingerprint density at radius 2 is 1.93 bits per heavy atom. The van der Waals surface area contributed by atoms with E-state index >= 15 is 0 Å². The molecule has 1 amide bonds. The Labute approximate surface area is 164 Å². The van der Waals surface area contributed by atoms with E-state index < -0.39 is 11.5 Å². The number of aliphatic hydroxyl groups is 1. The lowest BCUT2D eigenvalue weighted by Gasteiger charge is -2.55. The van der Waals surface area contributed by atoms with Crippen LogP contribution in [0.1, 0.15) is 57.9 Å². The Morgan fingerprint density at radius 1 is 1.29 bits per heavy atom. The lowest BCUT2D eigenvalue weighted by molar-refractivity contribution is -0.164. The van der Waals surface area contributed by atoms with Gasteiger partial charge in [0.2, 0.25) is 11.8 Å². The number of carbonyl (C=O) groups is 1. The van der Waals surface area contributed by atoms with Gasteiger partial charge in [-0.05, 0) is 51.5 Å². The van der Waals surface area contributed by atoms with Crippen LogP contribution in [0.15, 0.2) is 18.3 Å². The average molecular weight is 394 g/mol. The Hall–Kier alpha value is -1.76. The summed E-state index contributed by atoms with van der Waals surface area (Å²) in [7, 11) is 0. The number of hydrogen-bond acceptors (Lipinski definition) is 4. The summed E-state index contributed by atoms with van der Waals surface area (Å²) in [4.78, 5) is 18.4. The molecule has 1 aromatic heterocycles. The fourth-order valence-corrected chi connectivity index (χ4v) is 4.87. The first-order valence-electron chi connectivity index (χ1n) is 10.1. The molecule has 2 heterocycles. The third-order valence-corrected chi connectivity index (χ3v) is 6.61. The van der Waals surface area contributed by atoms with Crippen molar-refractivity contribution in [2.75, 3.05) is 13.1 Å². The number of hydrogen-bond donors (Lipinski definition) is 1. The van der Waals surface area contributed by atoms with E-state index in [0.717, 1.165) is 45.7 Å². The summed E-state index contributed by atoms with van der Waals surface area (Å²) >= 11 is 0. The predicted molar refractivity (Wildman–Crippen MR) is 99.0 cm³/mol. The molecule has 28 heavy (non-hydrogen) atoms. The summed E-state index contributed by atoms with van der Waals surface area (Å²) in [6.45, 7) is 4.24. The minimum Gasteiger partial charge on any atom is -0.474 e. The normalized spacial score (nSPS) is 29.9. The number of aromatic nitrogens is 1. The number of alkyl halides is 2. The Kier molecular flexibility index (Phi) is 4.64. The zero-order chi connectivity index (χ0) is 20.2. The molecule has 4 rings (SSSR count). The van der Waals surface area contributed by atoms with Gasteiger partial charge in [-0.25, -0.2) is 13.8 Å². The van der Waals surface area contributed by atoms with Crippen LogP contribution in [0.25, 0.3) is 0 Å². The third kappa shape index (κ3) is 3.86. The van der Waals surface area contributed by atoms with Crippen LogP contribution in [0.4, 0.5) is 8.78 Å². The van der Waals surface area contributed by atoms with Crippen LogP contribution in [0, 0.1) is 11.3 Å². The molecule has 0 aromatic carbocycles. The number of nitrogens with zero attached hydrogens (tertiary/aromatic N) is 2. The van der Waals surface area contributed by atoms with Crippen molar-refractivity contribution in [3.05, 3.63) is 23.9 Å². The Bertz CT molecular complexity index is 721. The van der Waals surface area contributed by atoms with Crippen molar-refractivity contribution < 1.29 is 23.4 Å². The monoisotopic (exact) mass is 394 g/mol. The molecule has 0 radical (unpaired) electrons. The van der Waals surface area contributed by atoms with Crippen LogP contribution in [0.2, 0.25) is 0 Å². The quantitative estimate of drug-likeness (QED) is 0.849. The molecule has 5 nitrogen and oxygen atoms in total. The van der Waals surface area contributed by atoms with E-state index in [0.29, 0.717) is 18.7 Å². The summed E-state index contributed by atoms with van der Waals surface area (Å²) in [5.41, 5.74) is -0.587. The lowest BCUT2D eigenvalue weighted by Crippen LogP contribution is -2.63. The van der Waals surface area contributed by atoms with E-state index in [1.807, 2.05) is 4.90 Å². The number of likely N-dealkylation sites (tertiary alicyclic amines) is 1. The molecule has 1 spiro atoms. The van der Waals surface area contributed by atoms with E-state index in [4.69, 9.17) is 4.74 Å². The molecule has 0 atom stereocenters. The van der Waals surface area contributed by atoms with Crippen LogP contribution in [0.3, 0.4) is 0 Å². The van der Waals surface area contributed by atoms with Crippen molar-refractivity contribution in [3.8, 4) is 5.88 Å². The SMILES string of the molecule is CC(F)(F)c1ccc(OC2CCC3(CC2)CN(C(=O)[C@H]2C[C@@](C)(O)C2)C3)nc1. The fraction of sp³-hybridized carbons (Fsp3) is 0.714. The highest BCUT2D eigenvalue weighted by Crippen LogP contribution is 2.47. The van der Waals surface area contributed by atoms with Gasteiger partial charge in [0.25, 0.3) is 5.92 Å². The third-order valence-electron chi connectivity index (χ3n) is 6.61. The first-order valence-corrected chi connectivity index (χ1v) is 10.1. The van der Waals surface area contributed by atoms with Crippen molar-refractivity contribution >= 4 is 5.91 Å². The average Bonchev–Trinajstić information content (AvgIpc) is 2.57. The second-order valence-corrected chi connectivity index (χ2v) is 9.39. The molecule has 3 fully saturated rings. The molecule has 2 aliphatic carbocycles. The van der Waals surface area contributed by atoms with Crippen molar-refractivity contribution in [1.29, 1.82) is 0 Å². The Balaban J connectivity index is 1.23. The van der Waals surface area contributed by atoms with Crippen LogP contribution < -0.4 is 4.74 Å². The maximum absolute atomic E-state index is 13.3. The van der Waals surface area contributed by atoms with Crippen molar-refractivity contribution in [2.24, 2.45) is 11.3 Å². The van der Waals surface area contributed by atoms with E-state index in [2.05, 4.69) is 4.98 Å². The highest BCUT2D eigenvalue weighted by atomic mass is 19.3. The van der Waals surface area contributed by atoms with Gasteiger partial charge >= 0.3 is 0 Å². The number of halogens is 2. The highest BCUT2D eigenvalue weighted by molar-refractivity contribution is 5.81. The number of pyridine rings is 1. The molecular weight excluding hydrogens is 366 g/mol.